The first-order chi connectivity index (χ1) is 7.79. The van der Waals surface area contributed by atoms with Gasteiger partial charge in [0.1, 0.15) is 0 Å². The summed E-state index contributed by atoms with van der Waals surface area (Å²) in [7, 11) is 1.98. The van der Waals surface area contributed by atoms with Crippen molar-refractivity contribution >= 4 is 0 Å². The molecule has 1 aromatic rings. The van der Waals surface area contributed by atoms with E-state index < -0.39 is 0 Å². The molecule has 1 saturated heterocycles. The lowest BCUT2D eigenvalue weighted by molar-refractivity contribution is 0.199. The smallest absolute Gasteiger partial charge is 0.0534 e. The summed E-state index contributed by atoms with van der Waals surface area (Å²) in [5.74, 6) is 0. The van der Waals surface area contributed by atoms with Gasteiger partial charge in [0, 0.05) is 37.9 Å². The maximum absolute atomic E-state index is 4.23. The van der Waals surface area contributed by atoms with Crippen LogP contribution >= 0.6 is 0 Å². The van der Waals surface area contributed by atoms with E-state index in [1.807, 2.05) is 17.9 Å². The molecule has 1 fully saturated rings. The van der Waals surface area contributed by atoms with Crippen molar-refractivity contribution in [2.45, 2.75) is 32.4 Å². The maximum atomic E-state index is 4.23. The summed E-state index contributed by atoms with van der Waals surface area (Å²) < 4.78 is 1.88. The standard InChI is InChI=1S/C12H22N4/c1-3-6-16(12-4-5-13-8-12)10-11-7-14-15(2)9-11/h7,9,12-13H,3-6,8,10H2,1-2H3. The molecule has 1 unspecified atom stereocenters. The van der Waals surface area contributed by atoms with E-state index >= 15 is 0 Å². The van der Waals surface area contributed by atoms with Gasteiger partial charge < -0.3 is 5.32 Å². The van der Waals surface area contributed by atoms with Crippen molar-refractivity contribution in [2.24, 2.45) is 7.05 Å². The molecule has 1 N–H and O–H groups in total. The monoisotopic (exact) mass is 222 g/mol. The predicted molar refractivity (Wildman–Crippen MR) is 65.2 cm³/mol. The summed E-state index contributed by atoms with van der Waals surface area (Å²) in [4.78, 5) is 2.58. The summed E-state index contributed by atoms with van der Waals surface area (Å²) >= 11 is 0. The highest BCUT2D eigenvalue weighted by atomic mass is 15.2. The van der Waals surface area contributed by atoms with Crippen molar-refractivity contribution in [1.82, 2.24) is 20.0 Å². The molecule has 0 aliphatic carbocycles. The van der Waals surface area contributed by atoms with Crippen LogP contribution in [0, 0.1) is 0 Å². The first kappa shape index (κ1) is 11.6. The molecule has 4 nitrogen and oxygen atoms in total. The molecule has 2 heterocycles. The van der Waals surface area contributed by atoms with E-state index in [2.05, 4.69) is 28.4 Å². The Balaban J connectivity index is 1.96. The minimum Gasteiger partial charge on any atom is -0.315 e. The molecule has 1 aliphatic rings. The van der Waals surface area contributed by atoms with Crippen LogP contribution in [-0.4, -0.2) is 40.4 Å². The highest BCUT2D eigenvalue weighted by molar-refractivity contribution is 5.04. The van der Waals surface area contributed by atoms with Crippen LogP contribution in [0.15, 0.2) is 12.4 Å². The van der Waals surface area contributed by atoms with Crippen LogP contribution < -0.4 is 5.32 Å². The number of aromatic nitrogens is 2. The third-order valence-corrected chi connectivity index (χ3v) is 3.21. The first-order valence-corrected chi connectivity index (χ1v) is 6.22. The topological polar surface area (TPSA) is 33.1 Å². The largest absolute Gasteiger partial charge is 0.315 e. The summed E-state index contributed by atoms with van der Waals surface area (Å²) in [6.45, 7) is 6.77. The van der Waals surface area contributed by atoms with E-state index in [1.165, 1.54) is 24.9 Å². The Labute approximate surface area is 97.6 Å². The Morgan fingerprint density at radius 1 is 1.62 bits per heavy atom. The maximum Gasteiger partial charge on any atom is 0.0534 e. The van der Waals surface area contributed by atoms with Crippen LogP contribution in [0.25, 0.3) is 0 Å². The highest BCUT2D eigenvalue weighted by Gasteiger charge is 2.21. The lowest BCUT2D eigenvalue weighted by atomic mass is 10.2. The molecule has 2 rings (SSSR count). The van der Waals surface area contributed by atoms with Gasteiger partial charge in [-0.15, -0.1) is 0 Å². The van der Waals surface area contributed by atoms with Gasteiger partial charge in [0.2, 0.25) is 0 Å². The van der Waals surface area contributed by atoms with Gasteiger partial charge in [-0.2, -0.15) is 5.10 Å². The molecule has 4 heteroatoms. The lowest BCUT2D eigenvalue weighted by Crippen LogP contribution is -2.36. The summed E-state index contributed by atoms with van der Waals surface area (Å²) in [6.07, 6.45) is 6.59. The summed E-state index contributed by atoms with van der Waals surface area (Å²) in [6, 6.07) is 0.708. The van der Waals surface area contributed by atoms with Crippen LogP contribution in [0.5, 0.6) is 0 Å². The minimum atomic E-state index is 0.708. The van der Waals surface area contributed by atoms with E-state index in [0.717, 1.165) is 19.6 Å². The van der Waals surface area contributed by atoms with Gasteiger partial charge in [-0.25, -0.2) is 0 Å². The molecule has 1 aromatic heterocycles. The second-order valence-electron chi connectivity index (χ2n) is 4.64. The van der Waals surface area contributed by atoms with E-state index in [4.69, 9.17) is 0 Å². The Kier molecular flexibility index (Phi) is 3.96. The molecule has 90 valence electrons. The zero-order chi connectivity index (χ0) is 11.4. The molecule has 0 bridgehead atoms. The van der Waals surface area contributed by atoms with Crippen molar-refractivity contribution in [2.75, 3.05) is 19.6 Å². The first-order valence-electron chi connectivity index (χ1n) is 6.22. The van der Waals surface area contributed by atoms with E-state index in [-0.39, 0.29) is 0 Å². The lowest BCUT2D eigenvalue weighted by Gasteiger charge is -2.27. The molecule has 16 heavy (non-hydrogen) atoms. The van der Waals surface area contributed by atoms with E-state index in [1.54, 1.807) is 0 Å². The number of nitrogens with zero attached hydrogens (tertiary/aromatic N) is 3. The number of hydrogen-bond donors (Lipinski definition) is 1. The van der Waals surface area contributed by atoms with Crippen molar-refractivity contribution in [3.05, 3.63) is 18.0 Å². The zero-order valence-corrected chi connectivity index (χ0v) is 10.3. The molecular formula is C12H22N4. The Bertz CT molecular complexity index is 315. The van der Waals surface area contributed by atoms with E-state index in [0.29, 0.717) is 6.04 Å². The number of hydrogen-bond acceptors (Lipinski definition) is 3. The van der Waals surface area contributed by atoms with Crippen molar-refractivity contribution in [3.63, 3.8) is 0 Å². The summed E-state index contributed by atoms with van der Waals surface area (Å²) in [5.41, 5.74) is 1.32. The Morgan fingerprint density at radius 2 is 2.50 bits per heavy atom. The quantitative estimate of drug-likeness (QED) is 0.806. The van der Waals surface area contributed by atoms with Gasteiger partial charge in [-0.1, -0.05) is 6.92 Å². The van der Waals surface area contributed by atoms with Gasteiger partial charge in [0.25, 0.3) is 0 Å². The van der Waals surface area contributed by atoms with Crippen molar-refractivity contribution in [3.8, 4) is 0 Å². The molecule has 1 aliphatic heterocycles. The molecule has 0 spiro atoms. The SMILES string of the molecule is CCCN(Cc1cnn(C)c1)C1CCNC1. The number of nitrogens with one attached hydrogen (secondary N) is 1. The molecule has 0 amide bonds. The van der Waals surface area contributed by atoms with Gasteiger partial charge in [0.05, 0.1) is 6.20 Å². The molecule has 0 aromatic carbocycles. The third-order valence-electron chi connectivity index (χ3n) is 3.21. The van der Waals surface area contributed by atoms with Gasteiger partial charge >= 0.3 is 0 Å². The van der Waals surface area contributed by atoms with Gasteiger partial charge in [0.15, 0.2) is 0 Å². The third kappa shape index (κ3) is 2.83. The van der Waals surface area contributed by atoms with Crippen LogP contribution in [0.4, 0.5) is 0 Å². The fourth-order valence-corrected chi connectivity index (χ4v) is 2.42. The number of rotatable bonds is 5. The Morgan fingerprint density at radius 3 is 3.06 bits per heavy atom. The van der Waals surface area contributed by atoms with Crippen molar-refractivity contribution < 1.29 is 0 Å². The van der Waals surface area contributed by atoms with Crippen molar-refractivity contribution in [1.29, 1.82) is 0 Å². The minimum absolute atomic E-state index is 0.708. The molecule has 1 atom stereocenters. The molecular weight excluding hydrogens is 200 g/mol. The van der Waals surface area contributed by atoms with E-state index in [9.17, 15) is 0 Å². The zero-order valence-electron chi connectivity index (χ0n) is 10.3. The summed E-state index contributed by atoms with van der Waals surface area (Å²) in [5, 5.41) is 7.67. The second-order valence-corrected chi connectivity index (χ2v) is 4.64. The second kappa shape index (κ2) is 5.46. The normalized spacial score (nSPS) is 20.8. The van der Waals surface area contributed by atoms with Crippen LogP contribution in [0.2, 0.25) is 0 Å². The Hall–Kier alpha value is -0.870. The van der Waals surface area contributed by atoms with Crippen LogP contribution in [-0.2, 0) is 13.6 Å². The highest BCUT2D eigenvalue weighted by Crippen LogP contribution is 2.13. The van der Waals surface area contributed by atoms with Gasteiger partial charge in [-0.05, 0) is 25.9 Å². The fourth-order valence-electron chi connectivity index (χ4n) is 2.42. The predicted octanol–water partition coefficient (Wildman–Crippen LogP) is 0.994. The van der Waals surface area contributed by atoms with Crippen LogP contribution in [0.1, 0.15) is 25.3 Å². The fraction of sp³-hybridized carbons (Fsp3) is 0.750. The van der Waals surface area contributed by atoms with Crippen LogP contribution in [0.3, 0.4) is 0 Å². The molecule has 0 radical (unpaired) electrons. The average Bonchev–Trinajstić information content (AvgIpc) is 2.88. The number of aryl methyl sites for hydroxylation is 1. The van der Waals surface area contributed by atoms with Gasteiger partial charge in [-0.3, -0.25) is 9.58 Å². The molecule has 0 saturated carbocycles. The average molecular weight is 222 g/mol.